The van der Waals surface area contributed by atoms with Crippen molar-refractivity contribution in [3.8, 4) is 0 Å². The van der Waals surface area contributed by atoms with Crippen molar-refractivity contribution < 1.29 is 14.4 Å². The van der Waals surface area contributed by atoms with Gasteiger partial charge in [0.1, 0.15) is 12.1 Å². The van der Waals surface area contributed by atoms with Gasteiger partial charge in [-0.05, 0) is 50.7 Å². The molecule has 0 atom stereocenters. The summed E-state index contributed by atoms with van der Waals surface area (Å²) in [5.41, 5.74) is -0.803. The number of carbonyl (C=O) groups is 3. The van der Waals surface area contributed by atoms with Gasteiger partial charge in [0.25, 0.3) is 5.91 Å². The van der Waals surface area contributed by atoms with Crippen LogP contribution in [0.1, 0.15) is 44.4 Å². The number of amides is 4. The van der Waals surface area contributed by atoms with E-state index < -0.39 is 11.6 Å². The number of nitrogens with zero attached hydrogens (tertiary/aromatic N) is 2. The zero-order chi connectivity index (χ0) is 18.9. The van der Waals surface area contributed by atoms with E-state index in [2.05, 4.69) is 12.2 Å². The summed E-state index contributed by atoms with van der Waals surface area (Å²) in [6.45, 7) is 4.75. The van der Waals surface area contributed by atoms with Crippen molar-refractivity contribution in [2.24, 2.45) is 5.92 Å². The van der Waals surface area contributed by atoms with Gasteiger partial charge in [0.05, 0.1) is 10.9 Å². The highest BCUT2D eigenvalue weighted by molar-refractivity contribution is 7.16. The lowest BCUT2D eigenvalue weighted by Crippen LogP contribution is -2.50. The molecule has 6 nitrogen and oxygen atoms in total. The Labute approximate surface area is 162 Å². The number of imide groups is 1. The molecule has 142 valence electrons. The van der Waals surface area contributed by atoms with Crippen molar-refractivity contribution in [3.05, 3.63) is 21.3 Å². The van der Waals surface area contributed by atoms with E-state index in [1.807, 2.05) is 13.0 Å². The minimum absolute atomic E-state index is 0.213. The molecule has 2 aliphatic rings. The second-order valence-electron chi connectivity index (χ2n) is 7.20. The van der Waals surface area contributed by atoms with E-state index in [0.717, 1.165) is 22.6 Å². The van der Waals surface area contributed by atoms with E-state index in [9.17, 15) is 14.4 Å². The first kappa shape index (κ1) is 19.2. The molecule has 0 unspecified atom stereocenters. The Balaban J connectivity index is 1.66. The van der Waals surface area contributed by atoms with Crippen LogP contribution in [-0.2, 0) is 16.1 Å². The molecule has 1 aliphatic heterocycles. The van der Waals surface area contributed by atoms with Crippen molar-refractivity contribution in [1.29, 1.82) is 0 Å². The van der Waals surface area contributed by atoms with Crippen LogP contribution in [0.25, 0.3) is 0 Å². The highest BCUT2D eigenvalue weighted by atomic mass is 35.5. The third-order valence-electron chi connectivity index (χ3n) is 5.38. The quantitative estimate of drug-likeness (QED) is 0.775. The molecule has 8 heteroatoms. The molecule has 3 rings (SSSR count). The van der Waals surface area contributed by atoms with Crippen molar-refractivity contribution in [2.75, 3.05) is 13.1 Å². The Hall–Kier alpha value is -1.60. The number of rotatable bonds is 5. The fourth-order valence-electron chi connectivity index (χ4n) is 3.65. The van der Waals surface area contributed by atoms with Gasteiger partial charge in [-0.25, -0.2) is 4.79 Å². The maximum absolute atomic E-state index is 12.9. The Morgan fingerprint density at radius 1 is 1.38 bits per heavy atom. The topological polar surface area (TPSA) is 69.7 Å². The second-order valence-corrected chi connectivity index (χ2v) is 9.00. The zero-order valence-electron chi connectivity index (χ0n) is 15.1. The van der Waals surface area contributed by atoms with E-state index in [-0.39, 0.29) is 18.4 Å². The van der Waals surface area contributed by atoms with Crippen LogP contribution in [0.15, 0.2) is 12.1 Å². The summed E-state index contributed by atoms with van der Waals surface area (Å²) < 4.78 is 0.672. The highest BCUT2D eigenvalue weighted by Crippen LogP contribution is 2.36. The molecule has 1 saturated heterocycles. The van der Waals surface area contributed by atoms with Crippen LogP contribution >= 0.6 is 22.9 Å². The molecule has 1 spiro atoms. The minimum atomic E-state index is -0.803. The number of thiophene rings is 1. The molecule has 1 N–H and O–H groups in total. The first-order valence-electron chi connectivity index (χ1n) is 9.00. The van der Waals surface area contributed by atoms with Crippen LogP contribution in [0, 0.1) is 5.92 Å². The molecular formula is C18H24ClN3O3S. The lowest BCUT2D eigenvalue weighted by molar-refractivity contribution is -0.139. The van der Waals surface area contributed by atoms with Gasteiger partial charge in [-0.1, -0.05) is 18.5 Å². The molecule has 1 aliphatic carbocycles. The van der Waals surface area contributed by atoms with Crippen molar-refractivity contribution in [1.82, 2.24) is 15.1 Å². The number of likely N-dealkylation sites (N-methyl/N-ethyl adjacent to an activating group) is 1. The molecular weight excluding hydrogens is 374 g/mol. The fraction of sp³-hybridized carbons (Fsp3) is 0.611. The normalized spacial score (nSPS) is 25.7. The first-order chi connectivity index (χ1) is 12.3. The second kappa shape index (κ2) is 7.56. The number of hydrogen-bond acceptors (Lipinski definition) is 4. The highest BCUT2D eigenvalue weighted by Gasteiger charge is 2.52. The standard InChI is InChI=1S/C18H24ClN3O3S/c1-3-21(10-13-4-5-14(19)26-13)15(23)11-22-16(24)18(20-17(22)25)8-6-12(2)7-9-18/h4-5,12H,3,6-11H2,1-2H3,(H,20,25). The van der Waals surface area contributed by atoms with Crippen molar-refractivity contribution in [3.63, 3.8) is 0 Å². The van der Waals surface area contributed by atoms with Crippen molar-refractivity contribution >= 4 is 40.8 Å². The van der Waals surface area contributed by atoms with Crippen LogP contribution in [0.4, 0.5) is 4.79 Å². The van der Waals surface area contributed by atoms with Crippen LogP contribution in [-0.4, -0.2) is 46.3 Å². The van der Waals surface area contributed by atoms with Crippen LogP contribution in [0.2, 0.25) is 4.34 Å². The van der Waals surface area contributed by atoms with Crippen molar-refractivity contribution in [2.45, 2.75) is 51.6 Å². The van der Waals surface area contributed by atoms with Gasteiger partial charge >= 0.3 is 6.03 Å². The summed E-state index contributed by atoms with van der Waals surface area (Å²) in [6.07, 6.45) is 3.12. The monoisotopic (exact) mass is 397 g/mol. The Morgan fingerprint density at radius 3 is 2.65 bits per heavy atom. The maximum Gasteiger partial charge on any atom is 0.325 e. The Morgan fingerprint density at radius 2 is 2.08 bits per heavy atom. The maximum atomic E-state index is 12.9. The summed E-state index contributed by atoms with van der Waals surface area (Å²) >= 11 is 7.37. The van der Waals surface area contributed by atoms with E-state index in [4.69, 9.17) is 11.6 Å². The number of nitrogens with one attached hydrogen (secondary N) is 1. The minimum Gasteiger partial charge on any atom is -0.336 e. The van der Waals surface area contributed by atoms with Crippen LogP contribution < -0.4 is 5.32 Å². The fourth-order valence-corrected chi connectivity index (χ4v) is 4.75. The largest absolute Gasteiger partial charge is 0.336 e. The number of carbonyl (C=O) groups excluding carboxylic acids is 3. The predicted octanol–water partition coefficient (Wildman–Crippen LogP) is 3.25. The molecule has 0 radical (unpaired) electrons. The first-order valence-corrected chi connectivity index (χ1v) is 10.2. The summed E-state index contributed by atoms with van der Waals surface area (Å²) in [7, 11) is 0. The van der Waals surface area contributed by atoms with E-state index in [1.54, 1.807) is 11.0 Å². The average Bonchev–Trinajstić information content (AvgIpc) is 3.12. The molecule has 4 amide bonds. The van der Waals surface area contributed by atoms with E-state index in [1.165, 1.54) is 11.3 Å². The third-order valence-corrected chi connectivity index (χ3v) is 6.59. The van der Waals surface area contributed by atoms with Gasteiger partial charge in [-0.2, -0.15) is 0 Å². The zero-order valence-corrected chi connectivity index (χ0v) is 16.7. The summed E-state index contributed by atoms with van der Waals surface area (Å²) in [5, 5.41) is 2.86. The van der Waals surface area contributed by atoms with Gasteiger partial charge in [0.2, 0.25) is 5.91 Å². The van der Waals surface area contributed by atoms with Gasteiger partial charge in [0.15, 0.2) is 0 Å². The Bertz CT molecular complexity index is 712. The molecule has 1 aromatic heterocycles. The van der Waals surface area contributed by atoms with E-state index >= 15 is 0 Å². The number of halogens is 1. The molecule has 1 saturated carbocycles. The van der Waals surface area contributed by atoms with Gasteiger partial charge in [-0.15, -0.1) is 11.3 Å². The predicted molar refractivity (Wildman–Crippen MR) is 101 cm³/mol. The van der Waals surface area contributed by atoms with Gasteiger partial charge in [-0.3, -0.25) is 14.5 Å². The van der Waals surface area contributed by atoms with E-state index in [0.29, 0.717) is 36.2 Å². The molecule has 0 bridgehead atoms. The summed E-state index contributed by atoms with van der Waals surface area (Å²) in [4.78, 5) is 41.6. The molecule has 1 aromatic rings. The Kier molecular flexibility index (Phi) is 5.58. The third kappa shape index (κ3) is 3.74. The number of hydrogen-bond donors (Lipinski definition) is 1. The molecule has 26 heavy (non-hydrogen) atoms. The van der Waals surface area contributed by atoms with Crippen LogP contribution in [0.5, 0.6) is 0 Å². The number of urea groups is 1. The van der Waals surface area contributed by atoms with Gasteiger partial charge < -0.3 is 10.2 Å². The molecule has 2 fully saturated rings. The summed E-state index contributed by atoms with van der Waals surface area (Å²) in [6, 6.07) is 3.23. The van der Waals surface area contributed by atoms with Gasteiger partial charge in [0, 0.05) is 11.4 Å². The molecule has 0 aromatic carbocycles. The molecule has 2 heterocycles. The average molecular weight is 398 g/mol. The summed E-state index contributed by atoms with van der Waals surface area (Å²) in [5.74, 6) is 0.0777. The lowest BCUT2D eigenvalue weighted by atomic mass is 9.77. The van der Waals surface area contributed by atoms with Crippen LogP contribution in [0.3, 0.4) is 0 Å². The SMILES string of the molecule is CCN(Cc1ccc(Cl)s1)C(=O)CN1C(=O)NC2(CCC(C)CC2)C1=O. The smallest absolute Gasteiger partial charge is 0.325 e. The lowest BCUT2D eigenvalue weighted by Gasteiger charge is -2.33.